The van der Waals surface area contributed by atoms with Crippen molar-refractivity contribution < 1.29 is 14.3 Å². The molecule has 27 heavy (non-hydrogen) atoms. The van der Waals surface area contributed by atoms with Crippen molar-refractivity contribution >= 4 is 40.2 Å². The molecule has 1 aliphatic heterocycles. The summed E-state index contributed by atoms with van der Waals surface area (Å²) in [5.74, 6) is 0.120. The van der Waals surface area contributed by atoms with E-state index in [0.29, 0.717) is 30.1 Å². The van der Waals surface area contributed by atoms with Gasteiger partial charge in [-0.15, -0.1) is 22.7 Å². The lowest BCUT2D eigenvalue weighted by atomic mass is 10.1. The maximum Gasteiger partial charge on any atom is 0.265 e. The second kappa shape index (κ2) is 7.54. The number of nitrogens with zero attached hydrogens (tertiary/aromatic N) is 1. The van der Waals surface area contributed by atoms with E-state index in [9.17, 15) is 9.59 Å². The summed E-state index contributed by atoms with van der Waals surface area (Å²) in [6.07, 6.45) is -0.630. The zero-order chi connectivity index (χ0) is 18.8. The number of carbonyl (C=O) groups is 2. The molecule has 1 atom stereocenters. The van der Waals surface area contributed by atoms with Gasteiger partial charge < -0.3 is 15.0 Å². The van der Waals surface area contributed by atoms with E-state index >= 15 is 0 Å². The SMILES string of the molecule is CC1Oc2c(cccc2C(=O)N(Cc2cccs2)Cc2cccs2)NC1=O. The molecule has 0 saturated carbocycles. The van der Waals surface area contributed by atoms with Gasteiger partial charge in [0, 0.05) is 9.75 Å². The number of amides is 2. The van der Waals surface area contributed by atoms with E-state index in [0.717, 1.165) is 9.75 Å². The minimum absolute atomic E-state index is 0.114. The molecule has 7 heteroatoms. The number of anilines is 1. The van der Waals surface area contributed by atoms with Crippen LogP contribution in [0.3, 0.4) is 0 Å². The topological polar surface area (TPSA) is 58.6 Å². The summed E-state index contributed by atoms with van der Waals surface area (Å²) < 4.78 is 5.76. The van der Waals surface area contributed by atoms with Crippen molar-refractivity contribution in [2.24, 2.45) is 0 Å². The summed E-state index contributed by atoms with van der Waals surface area (Å²) in [4.78, 5) is 29.3. The Morgan fingerprint density at radius 2 is 1.74 bits per heavy atom. The first kappa shape index (κ1) is 17.8. The first-order valence-corrected chi connectivity index (χ1v) is 10.3. The Bertz CT molecular complexity index is 916. The van der Waals surface area contributed by atoms with Crippen molar-refractivity contribution in [3.63, 3.8) is 0 Å². The molecule has 3 aromatic rings. The highest BCUT2D eigenvalue weighted by Crippen LogP contribution is 2.34. The highest BCUT2D eigenvalue weighted by atomic mass is 32.1. The summed E-state index contributed by atoms with van der Waals surface area (Å²) >= 11 is 3.25. The molecule has 1 N–H and O–H groups in total. The quantitative estimate of drug-likeness (QED) is 0.694. The van der Waals surface area contributed by atoms with Crippen LogP contribution >= 0.6 is 22.7 Å². The molecule has 5 nitrogen and oxygen atoms in total. The summed E-state index contributed by atoms with van der Waals surface area (Å²) in [6, 6.07) is 13.3. The predicted octanol–water partition coefficient (Wildman–Crippen LogP) is 4.37. The van der Waals surface area contributed by atoms with E-state index in [1.54, 1.807) is 47.8 Å². The predicted molar refractivity (Wildman–Crippen MR) is 107 cm³/mol. The lowest BCUT2D eigenvalue weighted by Gasteiger charge is -2.27. The first-order valence-electron chi connectivity index (χ1n) is 8.56. The van der Waals surface area contributed by atoms with E-state index in [-0.39, 0.29) is 11.8 Å². The van der Waals surface area contributed by atoms with Gasteiger partial charge in [0.15, 0.2) is 11.9 Å². The highest BCUT2D eigenvalue weighted by Gasteiger charge is 2.29. The molecule has 3 heterocycles. The zero-order valence-corrected chi connectivity index (χ0v) is 16.3. The van der Waals surface area contributed by atoms with Gasteiger partial charge in [-0.1, -0.05) is 18.2 Å². The van der Waals surface area contributed by atoms with E-state index < -0.39 is 6.10 Å². The fourth-order valence-corrected chi connectivity index (χ4v) is 4.39. The number of carbonyl (C=O) groups excluding carboxylic acids is 2. The molecule has 0 radical (unpaired) electrons. The van der Waals surface area contributed by atoms with E-state index in [1.807, 2.05) is 39.9 Å². The van der Waals surface area contributed by atoms with E-state index in [1.165, 1.54) is 0 Å². The van der Waals surface area contributed by atoms with Gasteiger partial charge in [-0.25, -0.2) is 0 Å². The molecule has 138 valence electrons. The second-order valence-electron chi connectivity index (χ2n) is 6.25. The van der Waals surface area contributed by atoms with Crippen LogP contribution in [0.4, 0.5) is 5.69 Å². The number of hydrogen-bond donors (Lipinski definition) is 1. The average molecular weight is 399 g/mol. The Hall–Kier alpha value is -2.64. The highest BCUT2D eigenvalue weighted by molar-refractivity contribution is 7.10. The Labute approximate surface area is 165 Å². The minimum Gasteiger partial charge on any atom is -0.478 e. The maximum absolute atomic E-state index is 13.4. The number of nitrogens with one attached hydrogen (secondary N) is 1. The fraction of sp³-hybridized carbons (Fsp3) is 0.200. The van der Waals surface area contributed by atoms with Crippen molar-refractivity contribution in [3.05, 3.63) is 68.5 Å². The zero-order valence-electron chi connectivity index (χ0n) is 14.7. The monoisotopic (exact) mass is 398 g/mol. The molecular weight excluding hydrogens is 380 g/mol. The normalized spacial score (nSPS) is 15.6. The van der Waals surface area contributed by atoms with Crippen LogP contribution in [0.25, 0.3) is 0 Å². The molecule has 2 aromatic heterocycles. The average Bonchev–Trinajstić information content (AvgIpc) is 3.35. The summed E-state index contributed by atoms with van der Waals surface area (Å²) in [5, 5.41) is 6.82. The molecule has 0 spiro atoms. The molecule has 0 fully saturated rings. The Morgan fingerprint density at radius 3 is 2.33 bits per heavy atom. The number of rotatable bonds is 5. The molecule has 1 aromatic carbocycles. The standard InChI is InChI=1S/C20H18N2O3S2/c1-13-19(23)21-17-8-2-7-16(18(17)25-13)20(24)22(11-14-5-3-9-26-14)12-15-6-4-10-27-15/h2-10,13H,11-12H2,1H3,(H,21,23). The van der Waals surface area contributed by atoms with Crippen LogP contribution in [0.15, 0.2) is 53.2 Å². The van der Waals surface area contributed by atoms with Gasteiger partial charge in [0.2, 0.25) is 0 Å². The van der Waals surface area contributed by atoms with Gasteiger partial charge in [-0.05, 0) is 41.9 Å². The number of benzene rings is 1. The largest absolute Gasteiger partial charge is 0.478 e. The van der Waals surface area contributed by atoms with Crippen molar-refractivity contribution in [3.8, 4) is 5.75 Å². The third kappa shape index (κ3) is 3.74. The molecule has 2 amide bonds. The molecule has 1 unspecified atom stereocenters. The van der Waals surface area contributed by atoms with Crippen LogP contribution in [-0.2, 0) is 17.9 Å². The minimum atomic E-state index is -0.630. The van der Waals surface area contributed by atoms with Crippen LogP contribution in [0.2, 0.25) is 0 Å². The summed E-state index contributed by atoms with van der Waals surface area (Å²) in [7, 11) is 0. The van der Waals surface area contributed by atoms with Gasteiger partial charge in [0.25, 0.3) is 11.8 Å². The van der Waals surface area contributed by atoms with Crippen molar-refractivity contribution in [1.82, 2.24) is 4.90 Å². The number of ether oxygens (including phenoxy) is 1. The molecule has 0 bridgehead atoms. The van der Waals surface area contributed by atoms with E-state index in [2.05, 4.69) is 5.32 Å². The van der Waals surface area contributed by atoms with Crippen LogP contribution in [0.5, 0.6) is 5.75 Å². The fourth-order valence-electron chi connectivity index (χ4n) is 2.95. The van der Waals surface area contributed by atoms with Gasteiger partial charge in [0.1, 0.15) is 0 Å². The third-order valence-electron chi connectivity index (χ3n) is 4.31. The van der Waals surface area contributed by atoms with Crippen molar-refractivity contribution in [2.75, 3.05) is 5.32 Å². The molecule has 0 aliphatic carbocycles. The van der Waals surface area contributed by atoms with Crippen LogP contribution in [-0.4, -0.2) is 22.8 Å². The van der Waals surface area contributed by atoms with Crippen LogP contribution in [0.1, 0.15) is 27.0 Å². The first-order chi connectivity index (χ1) is 13.1. The molecule has 0 saturated heterocycles. The van der Waals surface area contributed by atoms with Crippen molar-refractivity contribution in [1.29, 1.82) is 0 Å². The lowest BCUT2D eigenvalue weighted by Crippen LogP contribution is -2.36. The number of hydrogen-bond acceptors (Lipinski definition) is 5. The molecule has 4 rings (SSSR count). The van der Waals surface area contributed by atoms with Gasteiger partial charge in [0.05, 0.1) is 24.3 Å². The second-order valence-corrected chi connectivity index (χ2v) is 8.32. The van der Waals surface area contributed by atoms with Crippen LogP contribution in [0, 0.1) is 0 Å². The van der Waals surface area contributed by atoms with Gasteiger partial charge in [-0.3, -0.25) is 9.59 Å². The Morgan fingerprint density at radius 1 is 1.07 bits per heavy atom. The Balaban J connectivity index is 1.67. The summed E-state index contributed by atoms with van der Waals surface area (Å²) in [6.45, 7) is 2.73. The smallest absolute Gasteiger partial charge is 0.265 e. The van der Waals surface area contributed by atoms with Crippen molar-refractivity contribution in [2.45, 2.75) is 26.1 Å². The summed E-state index contributed by atoms with van der Waals surface area (Å²) in [5.41, 5.74) is 1.00. The lowest BCUT2D eigenvalue weighted by molar-refractivity contribution is -0.122. The third-order valence-corrected chi connectivity index (χ3v) is 6.03. The van der Waals surface area contributed by atoms with Gasteiger partial charge >= 0.3 is 0 Å². The number of thiophene rings is 2. The Kier molecular flexibility index (Phi) is 4.96. The van der Waals surface area contributed by atoms with E-state index in [4.69, 9.17) is 4.74 Å². The molecular formula is C20H18N2O3S2. The van der Waals surface area contributed by atoms with Crippen LogP contribution < -0.4 is 10.1 Å². The number of fused-ring (bicyclic) bond motifs is 1. The molecule has 1 aliphatic rings. The number of para-hydroxylation sites is 1. The maximum atomic E-state index is 13.4. The van der Waals surface area contributed by atoms with Gasteiger partial charge in [-0.2, -0.15) is 0 Å².